The largest absolute Gasteiger partial charge is 0.396 e. The molecule has 0 fully saturated rings. The van der Waals surface area contributed by atoms with E-state index in [2.05, 4.69) is 15.4 Å². The Hall–Kier alpha value is -2.04. The van der Waals surface area contributed by atoms with Gasteiger partial charge in [0.1, 0.15) is 0 Å². The number of aromatic nitrogens is 3. The summed E-state index contributed by atoms with van der Waals surface area (Å²) in [5.41, 5.74) is 8.44. The lowest BCUT2D eigenvalue weighted by atomic mass is 10.2. The maximum atomic E-state index is 5.89. The van der Waals surface area contributed by atoms with Gasteiger partial charge in [0, 0.05) is 19.4 Å². The molecule has 0 aliphatic rings. The Labute approximate surface area is 87.9 Å². The monoisotopic (exact) mass is 203 g/mol. The van der Waals surface area contributed by atoms with Gasteiger partial charge in [-0.15, -0.1) is 0 Å². The molecular formula is C10H13N5. The molecule has 2 heterocycles. The molecule has 0 aliphatic heterocycles. The van der Waals surface area contributed by atoms with Crippen molar-refractivity contribution in [1.82, 2.24) is 14.8 Å². The van der Waals surface area contributed by atoms with Crippen molar-refractivity contribution in [2.45, 2.75) is 6.92 Å². The third-order valence-electron chi connectivity index (χ3n) is 2.18. The van der Waals surface area contributed by atoms with E-state index in [-0.39, 0.29) is 0 Å². The van der Waals surface area contributed by atoms with E-state index >= 15 is 0 Å². The second-order valence-electron chi connectivity index (χ2n) is 3.42. The zero-order valence-electron chi connectivity index (χ0n) is 8.73. The Morgan fingerprint density at radius 3 is 2.93 bits per heavy atom. The molecule has 0 saturated heterocycles. The molecular weight excluding hydrogens is 190 g/mol. The first kappa shape index (κ1) is 9.51. The molecule has 2 rings (SSSR count). The summed E-state index contributed by atoms with van der Waals surface area (Å²) in [6.07, 6.45) is 5.32. The van der Waals surface area contributed by atoms with Crippen LogP contribution in [0.25, 0.3) is 0 Å². The number of anilines is 3. The highest BCUT2D eigenvalue weighted by atomic mass is 15.3. The number of nitrogen functional groups attached to an aromatic ring is 1. The van der Waals surface area contributed by atoms with E-state index in [4.69, 9.17) is 5.73 Å². The minimum absolute atomic E-state index is 0.668. The molecule has 0 amide bonds. The molecule has 0 unspecified atom stereocenters. The zero-order chi connectivity index (χ0) is 10.8. The highest BCUT2D eigenvalue weighted by Crippen LogP contribution is 2.22. The lowest BCUT2D eigenvalue weighted by molar-refractivity contribution is 0.768. The minimum Gasteiger partial charge on any atom is -0.396 e. The normalized spacial score (nSPS) is 10.3. The predicted molar refractivity (Wildman–Crippen MR) is 59.9 cm³/mol. The van der Waals surface area contributed by atoms with Crippen molar-refractivity contribution in [2.24, 2.45) is 7.05 Å². The van der Waals surface area contributed by atoms with Gasteiger partial charge in [-0.05, 0) is 18.6 Å². The zero-order valence-corrected chi connectivity index (χ0v) is 8.73. The number of nitrogens with zero attached hydrogens (tertiary/aromatic N) is 3. The quantitative estimate of drug-likeness (QED) is 0.775. The molecule has 5 heteroatoms. The highest BCUT2D eigenvalue weighted by molar-refractivity contribution is 5.70. The van der Waals surface area contributed by atoms with Gasteiger partial charge >= 0.3 is 0 Å². The first-order chi connectivity index (χ1) is 7.16. The molecule has 0 saturated carbocycles. The summed E-state index contributed by atoms with van der Waals surface area (Å²) in [5.74, 6) is 0.669. The number of hydrogen-bond donors (Lipinski definition) is 2. The second kappa shape index (κ2) is 3.61. The Balaban J connectivity index is 2.28. The van der Waals surface area contributed by atoms with E-state index in [1.807, 2.05) is 26.2 Å². The van der Waals surface area contributed by atoms with Crippen LogP contribution in [0.2, 0.25) is 0 Å². The maximum absolute atomic E-state index is 5.89. The Bertz CT molecular complexity index is 474. The van der Waals surface area contributed by atoms with Crippen LogP contribution in [0.5, 0.6) is 0 Å². The van der Waals surface area contributed by atoms with Gasteiger partial charge < -0.3 is 11.1 Å². The maximum Gasteiger partial charge on any atom is 0.153 e. The molecule has 15 heavy (non-hydrogen) atoms. The lowest BCUT2D eigenvalue weighted by Gasteiger charge is -2.07. The van der Waals surface area contributed by atoms with Crippen molar-refractivity contribution in [3.8, 4) is 0 Å². The van der Waals surface area contributed by atoms with Crippen molar-refractivity contribution in [3.05, 3.63) is 30.2 Å². The molecule has 78 valence electrons. The van der Waals surface area contributed by atoms with Gasteiger partial charge in [0.05, 0.1) is 17.6 Å². The van der Waals surface area contributed by atoms with Crippen LogP contribution in [0.15, 0.2) is 24.7 Å². The SMILES string of the molecule is Cc1ccnc(Nc2cnn(C)c2)c1N. The molecule has 0 aromatic carbocycles. The number of hydrogen-bond acceptors (Lipinski definition) is 4. The molecule has 0 spiro atoms. The van der Waals surface area contributed by atoms with Crippen molar-refractivity contribution in [3.63, 3.8) is 0 Å². The average Bonchev–Trinajstić information content (AvgIpc) is 2.59. The van der Waals surface area contributed by atoms with Gasteiger partial charge in [-0.3, -0.25) is 4.68 Å². The van der Waals surface area contributed by atoms with E-state index in [0.717, 1.165) is 11.3 Å². The number of nitrogens with one attached hydrogen (secondary N) is 1. The molecule has 2 aromatic rings. The minimum atomic E-state index is 0.668. The Morgan fingerprint density at radius 1 is 1.47 bits per heavy atom. The van der Waals surface area contributed by atoms with E-state index in [9.17, 15) is 0 Å². The number of rotatable bonds is 2. The summed E-state index contributed by atoms with van der Waals surface area (Å²) < 4.78 is 1.72. The first-order valence-electron chi connectivity index (χ1n) is 4.63. The average molecular weight is 203 g/mol. The van der Waals surface area contributed by atoms with E-state index in [1.165, 1.54) is 0 Å². The number of aryl methyl sites for hydroxylation is 2. The summed E-state index contributed by atoms with van der Waals surface area (Å²) in [4.78, 5) is 4.17. The van der Waals surface area contributed by atoms with Crippen molar-refractivity contribution in [1.29, 1.82) is 0 Å². The summed E-state index contributed by atoms with van der Waals surface area (Å²) in [6, 6.07) is 1.88. The highest BCUT2D eigenvalue weighted by Gasteiger charge is 2.04. The molecule has 5 nitrogen and oxygen atoms in total. The van der Waals surface area contributed by atoms with Crippen LogP contribution in [0, 0.1) is 6.92 Å². The van der Waals surface area contributed by atoms with E-state index in [0.29, 0.717) is 11.5 Å². The Kier molecular flexibility index (Phi) is 2.29. The number of nitrogens with two attached hydrogens (primary N) is 1. The summed E-state index contributed by atoms with van der Waals surface area (Å²) >= 11 is 0. The van der Waals surface area contributed by atoms with Gasteiger partial charge in [0.25, 0.3) is 0 Å². The summed E-state index contributed by atoms with van der Waals surface area (Å²) in [7, 11) is 1.86. The summed E-state index contributed by atoms with van der Waals surface area (Å²) in [6.45, 7) is 1.95. The predicted octanol–water partition coefficient (Wildman–Crippen LogP) is 1.45. The Morgan fingerprint density at radius 2 is 2.27 bits per heavy atom. The van der Waals surface area contributed by atoms with Gasteiger partial charge in [0.2, 0.25) is 0 Å². The topological polar surface area (TPSA) is 68.8 Å². The van der Waals surface area contributed by atoms with Gasteiger partial charge in [0.15, 0.2) is 5.82 Å². The first-order valence-corrected chi connectivity index (χ1v) is 4.63. The summed E-state index contributed by atoms with van der Waals surface area (Å²) in [5, 5.41) is 7.16. The van der Waals surface area contributed by atoms with E-state index in [1.54, 1.807) is 17.1 Å². The fraction of sp³-hybridized carbons (Fsp3) is 0.200. The van der Waals surface area contributed by atoms with Gasteiger partial charge in [-0.1, -0.05) is 0 Å². The fourth-order valence-electron chi connectivity index (χ4n) is 1.29. The number of pyridine rings is 1. The van der Waals surface area contributed by atoms with Crippen LogP contribution in [0.4, 0.5) is 17.2 Å². The molecule has 0 bridgehead atoms. The van der Waals surface area contributed by atoms with Crippen LogP contribution in [-0.2, 0) is 7.05 Å². The fourth-order valence-corrected chi connectivity index (χ4v) is 1.29. The van der Waals surface area contributed by atoms with Gasteiger partial charge in [-0.2, -0.15) is 5.10 Å². The molecule has 0 aliphatic carbocycles. The van der Waals surface area contributed by atoms with Crippen LogP contribution < -0.4 is 11.1 Å². The lowest BCUT2D eigenvalue weighted by Crippen LogP contribution is -2.00. The van der Waals surface area contributed by atoms with Crippen LogP contribution in [0.3, 0.4) is 0 Å². The van der Waals surface area contributed by atoms with E-state index < -0.39 is 0 Å². The smallest absolute Gasteiger partial charge is 0.153 e. The molecule has 3 N–H and O–H groups in total. The van der Waals surface area contributed by atoms with Crippen LogP contribution in [-0.4, -0.2) is 14.8 Å². The third kappa shape index (κ3) is 1.90. The van der Waals surface area contributed by atoms with Crippen molar-refractivity contribution < 1.29 is 0 Å². The molecule has 2 aromatic heterocycles. The molecule has 0 radical (unpaired) electrons. The third-order valence-corrected chi connectivity index (χ3v) is 2.18. The van der Waals surface area contributed by atoms with Crippen molar-refractivity contribution >= 4 is 17.2 Å². The molecule has 0 atom stereocenters. The van der Waals surface area contributed by atoms with Crippen LogP contribution in [0.1, 0.15) is 5.56 Å². The van der Waals surface area contributed by atoms with Gasteiger partial charge in [-0.25, -0.2) is 4.98 Å². The van der Waals surface area contributed by atoms with Crippen molar-refractivity contribution in [2.75, 3.05) is 11.1 Å². The second-order valence-corrected chi connectivity index (χ2v) is 3.42. The standard InChI is InChI=1S/C10H13N5/c1-7-3-4-12-10(9(7)11)14-8-5-13-15(2)6-8/h3-6H,11H2,1-2H3,(H,12,14). The van der Waals surface area contributed by atoms with Crippen LogP contribution >= 0.6 is 0 Å².